The van der Waals surface area contributed by atoms with Crippen LogP contribution in [0.2, 0.25) is 0 Å². The molecule has 2 bridgehead atoms. The van der Waals surface area contributed by atoms with Crippen molar-refractivity contribution < 1.29 is 38.8 Å². The number of aromatic nitrogens is 1. The summed E-state index contributed by atoms with van der Waals surface area (Å²) in [4.78, 5) is 48.9. The molecule has 0 saturated heterocycles. The van der Waals surface area contributed by atoms with Crippen LogP contribution >= 0.6 is 0 Å². The van der Waals surface area contributed by atoms with Gasteiger partial charge in [0.25, 0.3) is 0 Å². The number of rotatable bonds is 8. The van der Waals surface area contributed by atoms with Gasteiger partial charge < -0.3 is 24.4 Å². The van der Waals surface area contributed by atoms with Crippen molar-refractivity contribution in [1.29, 1.82) is 0 Å². The molecule has 2 unspecified atom stereocenters. The van der Waals surface area contributed by atoms with Crippen molar-refractivity contribution in [2.24, 2.45) is 0 Å². The minimum atomic E-state index is -0.774. The number of hydrogen-bond donors (Lipinski definition) is 2. The molecule has 0 aromatic carbocycles. The fourth-order valence-corrected chi connectivity index (χ4v) is 4.88. The van der Waals surface area contributed by atoms with Crippen molar-refractivity contribution in [1.82, 2.24) is 19.7 Å². The maximum Gasteiger partial charge on any atom is 0.320 e. The molecule has 0 spiro atoms. The molecule has 2 rings (SSSR count). The van der Waals surface area contributed by atoms with E-state index in [9.17, 15) is 24.6 Å². The molecular formula is C31H52N4O8. The number of ether oxygens (including phenoxy) is 3. The standard InChI is InChI=1S/C31H52N4O8/c1-29(2,3)41-26(38)17-33-13-14-34(18-27(39)42-30(4,5)6)24(20-36)25(21-37)35(19-28(40)43-31(7,8)9)16-23-12-10-11-22(15-33)32-23/h10-12,24-25,36-37H,13-21H2,1-9H3. The van der Waals surface area contributed by atoms with Gasteiger partial charge in [-0.2, -0.15) is 0 Å². The highest BCUT2D eigenvalue weighted by Gasteiger charge is 2.36. The normalized spacial score (nSPS) is 20.1. The lowest BCUT2D eigenvalue weighted by molar-refractivity contribution is -0.161. The molecule has 1 aromatic rings. The van der Waals surface area contributed by atoms with Crippen molar-refractivity contribution in [3.05, 3.63) is 29.6 Å². The molecule has 2 heterocycles. The second kappa shape index (κ2) is 15.4. The average molecular weight is 609 g/mol. The molecule has 0 fully saturated rings. The first-order chi connectivity index (χ1) is 19.8. The van der Waals surface area contributed by atoms with E-state index in [-0.39, 0.29) is 32.7 Å². The summed E-state index contributed by atoms with van der Waals surface area (Å²) in [6.07, 6.45) is 0. The van der Waals surface area contributed by atoms with Crippen LogP contribution in [0.3, 0.4) is 0 Å². The summed E-state index contributed by atoms with van der Waals surface area (Å²) in [5.74, 6) is -1.39. The minimum Gasteiger partial charge on any atom is -0.459 e. The summed E-state index contributed by atoms with van der Waals surface area (Å²) in [5.41, 5.74) is -0.760. The molecule has 1 aliphatic heterocycles. The van der Waals surface area contributed by atoms with E-state index >= 15 is 0 Å². The lowest BCUT2D eigenvalue weighted by Gasteiger charge is -2.41. The number of hydrogen-bond acceptors (Lipinski definition) is 12. The number of aliphatic hydroxyl groups excluding tert-OH is 2. The summed E-state index contributed by atoms with van der Waals surface area (Å²) >= 11 is 0. The van der Waals surface area contributed by atoms with Crippen molar-refractivity contribution in [2.45, 2.75) is 104 Å². The average Bonchev–Trinajstić information content (AvgIpc) is 2.80. The molecular weight excluding hydrogens is 556 g/mol. The lowest BCUT2D eigenvalue weighted by atomic mass is 10.0. The van der Waals surface area contributed by atoms with Crippen LogP contribution in [-0.4, -0.2) is 123 Å². The number of aliphatic hydroxyl groups is 2. The van der Waals surface area contributed by atoms with Gasteiger partial charge in [-0.3, -0.25) is 34.1 Å². The predicted octanol–water partition coefficient (Wildman–Crippen LogP) is 1.75. The van der Waals surface area contributed by atoms with Crippen LogP contribution in [0.1, 0.15) is 73.7 Å². The van der Waals surface area contributed by atoms with Gasteiger partial charge in [-0.25, -0.2) is 0 Å². The van der Waals surface area contributed by atoms with E-state index in [0.717, 1.165) is 0 Å². The van der Waals surface area contributed by atoms with E-state index in [0.29, 0.717) is 24.5 Å². The third-order valence-corrected chi connectivity index (χ3v) is 6.35. The van der Waals surface area contributed by atoms with Crippen LogP contribution < -0.4 is 0 Å². The second-order valence-electron chi connectivity index (χ2n) is 14.0. The third-order valence-electron chi connectivity index (χ3n) is 6.35. The Morgan fingerprint density at radius 2 is 1.12 bits per heavy atom. The SMILES string of the molecule is CC(C)(C)OC(=O)CN1CCN(CC(=O)OC(C)(C)C)C(CO)C(CO)N(CC(=O)OC(C)(C)C)Cc2cccc(n2)C1. The Kier molecular flexibility index (Phi) is 13.1. The second-order valence-corrected chi connectivity index (χ2v) is 14.0. The Balaban J connectivity index is 2.54. The molecule has 244 valence electrons. The van der Waals surface area contributed by atoms with Crippen molar-refractivity contribution in [3.8, 4) is 0 Å². The van der Waals surface area contributed by atoms with Crippen molar-refractivity contribution in [2.75, 3.05) is 45.9 Å². The Morgan fingerprint density at radius 3 is 1.58 bits per heavy atom. The van der Waals surface area contributed by atoms with Gasteiger partial charge in [-0.15, -0.1) is 0 Å². The van der Waals surface area contributed by atoms with Gasteiger partial charge in [0.2, 0.25) is 0 Å². The number of esters is 3. The first-order valence-corrected chi connectivity index (χ1v) is 14.8. The quantitative estimate of drug-likeness (QED) is 0.328. The molecule has 2 atom stereocenters. The first-order valence-electron chi connectivity index (χ1n) is 14.8. The maximum absolute atomic E-state index is 13.0. The Bertz CT molecular complexity index is 1080. The van der Waals surface area contributed by atoms with E-state index in [1.165, 1.54) is 0 Å². The number of fused-ring (bicyclic) bond motifs is 2. The molecule has 2 N–H and O–H groups in total. The van der Waals surface area contributed by atoms with Gasteiger partial charge in [-0.05, 0) is 74.4 Å². The number of carbonyl (C=O) groups is 3. The largest absolute Gasteiger partial charge is 0.459 e. The zero-order chi connectivity index (χ0) is 32.6. The maximum atomic E-state index is 13.0. The fourth-order valence-electron chi connectivity index (χ4n) is 4.88. The van der Waals surface area contributed by atoms with Crippen LogP contribution in [0.25, 0.3) is 0 Å². The van der Waals surface area contributed by atoms with E-state index in [1.54, 1.807) is 72.1 Å². The molecule has 0 saturated carbocycles. The zero-order valence-corrected chi connectivity index (χ0v) is 27.4. The van der Waals surface area contributed by atoms with Gasteiger partial charge in [0.05, 0.1) is 56.3 Å². The monoisotopic (exact) mass is 608 g/mol. The topological polar surface area (TPSA) is 142 Å². The summed E-state index contributed by atoms with van der Waals surface area (Å²) < 4.78 is 16.7. The highest BCUT2D eigenvalue weighted by Crippen LogP contribution is 2.19. The highest BCUT2D eigenvalue weighted by atomic mass is 16.6. The molecule has 0 amide bonds. The van der Waals surface area contributed by atoms with Gasteiger partial charge >= 0.3 is 17.9 Å². The molecule has 1 aromatic heterocycles. The van der Waals surface area contributed by atoms with Crippen molar-refractivity contribution >= 4 is 17.9 Å². The van der Waals surface area contributed by atoms with Crippen LogP contribution in [0, 0.1) is 0 Å². The molecule has 0 radical (unpaired) electrons. The van der Waals surface area contributed by atoms with Gasteiger partial charge in [0.1, 0.15) is 16.8 Å². The summed E-state index contributed by atoms with van der Waals surface area (Å²) in [7, 11) is 0. The Morgan fingerprint density at radius 1 is 0.698 bits per heavy atom. The summed E-state index contributed by atoms with van der Waals surface area (Å²) in [5, 5.41) is 21.3. The van der Waals surface area contributed by atoms with Crippen LogP contribution in [-0.2, 0) is 41.7 Å². The lowest BCUT2D eigenvalue weighted by Crippen LogP contribution is -2.59. The van der Waals surface area contributed by atoms with Crippen LogP contribution in [0.15, 0.2) is 18.2 Å². The fraction of sp³-hybridized carbons (Fsp3) is 0.742. The van der Waals surface area contributed by atoms with Gasteiger partial charge in [0.15, 0.2) is 0 Å². The van der Waals surface area contributed by atoms with E-state index < -0.39 is 60.0 Å². The Labute approximate surface area is 256 Å². The van der Waals surface area contributed by atoms with E-state index in [4.69, 9.17) is 19.2 Å². The molecule has 43 heavy (non-hydrogen) atoms. The number of pyridine rings is 1. The minimum absolute atomic E-state index is 0.0125. The summed E-state index contributed by atoms with van der Waals surface area (Å²) in [6.45, 7) is 15.9. The highest BCUT2D eigenvalue weighted by molar-refractivity contribution is 5.73. The number of carbonyl (C=O) groups excluding carboxylic acids is 3. The molecule has 12 nitrogen and oxygen atoms in total. The Hall–Kier alpha value is -2.64. The molecule has 1 aliphatic rings. The number of nitrogens with zero attached hydrogens (tertiary/aromatic N) is 4. The van der Waals surface area contributed by atoms with Crippen LogP contribution in [0.5, 0.6) is 0 Å². The van der Waals surface area contributed by atoms with E-state index in [2.05, 4.69) is 0 Å². The molecule has 12 heteroatoms. The van der Waals surface area contributed by atoms with Gasteiger partial charge in [0, 0.05) is 26.2 Å². The predicted molar refractivity (Wildman–Crippen MR) is 161 cm³/mol. The van der Waals surface area contributed by atoms with Gasteiger partial charge in [-0.1, -0.05) is 6.07 Å². The summed E-state index contributed by atoms with van der Waals surface area (Å²) in [6, 6.07) is 3.98. The third kappa shape index (κ3) is 13.7. The zero-order valence-electron chi connectivity index (χ0n) is 27.4. The molecule has 0 aliphatic carbocycles. The first kappa shape index (κ1) is 36.6. The van der Waals surface area contributed by atoms with Crippen LogP contribution in [0.4, 0.5) is 0 Å². The van der Waals surface area contributed by atoms with E-state index in [1.807, 2.05) is 23.1 Å². The van der Waals surface area contributed by atoms with Crippen molar-refractivity contribution in [3.63, 3.8) is 0 Å². The smallest absolute Gasteiger partial charge is 0.320 e.